The first kappa shape index (κ1) is 20.1. The van der Waals surface area contributed by atoms with Crippen molar-refractivity contribution in [2.45, 2.75) is 39.2 Å². The lowest BCUT2D eigenvalue weighted by molar-refractivity contribution is -0.140. The summed E-state index contributed by atoms with van der Waals surface area (Å²) in [4.78, 5) is 35.7. The van der Waals surface area contributed by atoms with Gasteiger partial charge in [0, 0.05) is 31.4 Å². The molecule has 0 radical (unpaired) electrons. The van der Waals surface area contributed by atoms with E-state index in [-0.39, 0.29) is 35.5 Å². The Morgan fingerprint density at radius 1 is 1.24 bits per heavy atom. The summed E-state index contributed by atoms with van der Waals surface area (Å²) in [5, 5.41) is 9.73. The van der Waals surface area contributed by atoms with Gasteiger partial charge in [0.05, 0.1) is 29.1 Å². The van der Waals surface area contributed by atoms with E-state index in [0.717, 1.165) is 17.1 Å². The Morgan fingerprint density at radius 3 is 2.52 bits per heavy atom. The zero-order chi connectivity index (χ0) is 20.5. The molecule has 4 atom stereocenters. The van der Waals surface area contributed by atoms with Crippen LogP contribution in [0.3, 0.4) is 0 Å². The number of guanidine groups is 1. The van der Waals surface area contributed by atoms with E-state index in [0.29, 0.717) is 37.9 Å². The third kappa shape index (κ3) is 3.82. The molecule has 0 aromatic carbocycles. The monoisotopic (exact) mass is 415 g/mol. The number of aromatic nitrogens is 1. The van der Waals surface area contributed by atoms with Crippen LogP contribution >= 0.6 is 11.3 Å². The average molecular weight is 416 g/mol. The summed E-state index contributed by atoms with van der Waals surface area (Å²) >= 11 is 1.68. The highest BCUT2D eigenvalue weighted by Crippen LogP contribution is 2.52. The van der Waals surface area contributed by atoms with Gasteiger partial charge in [0.15, 0.2) is 5.96 Å². The number of hydrogen-bond acceptors (Lipinski definition) is 5. The van der Waals surface area contributed by atoms with Crippen LogP contribution in [0.25, 0.3) is 0 Å². The number of thiazole rings is 1. The van der Waals surface area contributed by atoms with Gasteiger partial charge in [0.1, 0.15) is 0 Å². The number of fused-ring (bicyclic) bond motifs is 5. The summed E-state index contributed by atoms with van der Waals surface area (Å²) in [6.07, 6.45) is 5.94. The number of carbonyl (C=O) groups excluding carboxylic acids is 2. The van der Waals surface area contributed by atoms with Crippen LogP contribution in [0.2, 0.25) is 0 Å². The SMILES string of the molecule is CN=C(NCCCN1C(=O)C2C3C=CC(C3)C2C1=O)NCc1csc(C(C)C)n1. The average Bonchev–Trinajstić information content (AvgIpc) is 3.47. The quantitative estimate of drug-likeness (QED) is 0.234. The van der Waals surface area contributed by atoms with Gasteiger partial charge in [-0.15, -0.1) is 11.3 Å². The van der Waals surface area contributed by atoms with Crippen LogP contribution in [0.4, 0.5) is 0 Å². The lowest BCUT2D eigenvalue weighted by atomic mass is 9.85. The van der Waals surface area contributed by atoms with Crippen LogP contribution < -0.4 is 10.6 Å². The fourth-order valence-electron chi connectivity index (χ4n) is 4.69. The Kier molecular flexibility index (Phi) is 5.72. The second-order valence-corrected chi connectivity index (χ2v) is 9.26. The largest absolute Gasteiger partial charge is 0.356 e. The second-order valence-electron chi connectivity index (χ2n) is 8.37. The Bertz CT molecular complexity index is 816. The molecule has 2 fully saturated rings. The van der Waals surface area contributed by atoms with Crippen molar-refractivity contribution < 1.29 is 9.59 Å². The second kappa shape index (κ2) is 8.26. The van der Waals surface area contributed by atoms with Crippen molar-refractivity contribution in [1.82, 2.24) is 20.5 Å². The highest BCUT2D eigenvalue weighted by Gasteiger charge is 2.58. The molecule has 2 amide bonds. The molecule has 4 unspecified atom stereocenters. The number of aliphatic imine (C=N–C) groups is 1. The van der Waals surface area contributed by atoms with Crippen LogP contribution in [0.5, 0.6) is 0 Å². The van der Waals surface area contributed by atoms with Gasteiger partial charge in [-0.1, -0.05) is 26.0 Å². The first-order chi connectivity index (χ1) is 14.0. The molecule has 1 aromatic rings. The van der Waals surface area contributed by atoms with E-state index in [1.165, 1.54) is 4.90 Å². The first-order valence-corrected chi connectivity index (χ1v) is 11.3. The van der Waals surface area contributed by atoms with E-state index in [1.807, 2.05) is 0 Å². The number of hydrogen-bond donors (Lipinski definition) is 2. The Morgan fingerprint density at radius 2 is 1.93 bits per heavy atom. The van der Waals surface area contributed by atoms with Gasteiger partial charge in [-0.3, -0.25) is 19.5 Å². The van der Waals surface area contributed by atoms with E-state index in [2.05, 4.69) is 52.0 Å². The highest BCUT2D eigenvalue weighted by atomic mass is 32.1. The van der Waals surface area contributed by atoms with E-state index < -0.39 is 0 Å². The molecule has 156 valence electrons. The fourth-order valence-corrected chi connectivity index (χ4v) is 5.53. The molecule has 2 N–H and O–H groups in total. The first-order valence-electron chi connectivity index (χ1n) is 10.4. The van der Waals surface area contributed by atoms with Crippen LogP contribution in [0, 0.1) is 23.7 Å². The third-order valence-electron chi connectivity index (χ3n) is 6.14. The molecule has 2 bridgehead atoms. The molecule has 1 aliphatic heterocycles. The van der Waals surface area contributed by atoms with Crippen LogP contribution in [0.1, 0.15) is 43.3 Å². The summed E-state index contributed by atoms with van der Waals surface area (Å²) in [5.74, 6) is 1.54. The number of nitrogens with one attached hydrogen (secondary N) is 2. The zero-order valence-corrected chi connectivity index (χ0v) is 18.0. The molecule has 1 saturated carbocycles. The van der Waals surface area contributed by atoms with Gasteiger partial charge in [0.25, 0.3) is 0 Å². The Labute approximate surface area is 175 Å². The number of allylic oxidation sites excluding steroid dienone is 2. The molecule has 1 saturated heterocycles. The summed E-state index contributed by atoms with van der Waals surface area (Å²) in [6, 6.07) is 0. The van der Waals surface area contributed by atoms with E-state index in [9.17, 15) is 9.59 Å². The number of amides is 2. The van der Waals surface area contributed by atoms with Crippen molar-refractivity contribution in [1.29, 1.82) is 0 Å². The summed E-state index contributed by atoms with van der Waals surface area (Å²) in [7, 11) is 1.73. The molecule has 2 heterocycles. The predicted molar refractivity (Wildman–Crippen MR) is 113 cm³/mol. The topological polar surface area (TPSA) is 86.7 Å². The normalized spacial score (nSPS) is 28.0. The predicted octanol–water partition coefficient (Wildman–Crippen LogP) is 2.13. The van der Waals surface area contributed by atoms with Crippen molar-refractivity contribution in [2.75, 3.05) is 20.1 Å². The molecule has 2 aliphatic carbocycles. The van der Waals surface area contributed by atoms with Crippen molar-refractivity contribution in [3.05, 3.63) is 28.2 Å². The van der Waals surface area contributed by atoms with Crippen molar-refractivity contribution in [2.24, 2.45) is 28.7 Å². The standard InChI is InChI=1S/C21H29N5O2S/c1-12(2)18-25-15(11-29-18)10-24-21(22-3)23-7-4-8-26-19(27)16-13-5-6-14(9-13)17(16)20(26)28/h5-6,11-14,16-17H,4,7-10H2,1-3H3,(H2,22,23,24). The molecule has 8 heteroatoms. The van der Waals surface area contributed by atoms with Gasteiger partial charge in [0.2, 0.25) is 11.8 Å². The third-order valence-corrected chi connectivity index (χ3v) is 7.33. The molecule has 29 heavy (non-hydrogen) atoms. The molecular weight excluding hydrogens is 386 g/mol. The number of likely N-dealkylation sites (tertiary alicyclic amines) is 1. The molecule has 7 nitrogen and oxygen atoms in total. The maximum atomic E-state index is 12.7. The highest BCUT2D eigenvalue weighted by molar-refractivity contribution is 7.09. The van der Waals surface area contributed by atoms with Crippen molar-refractivity contribution in [3.63, 3.8) is 0 Å². The lowest BCUT2D eigenvalue weighted by Gasteiger charge is -2.17. The summed E-state index contributed by atoms with van der Waals surface area (Å²) in [5.41, 5.74) is 1.00. The number of nitrogens with zero attached hydrogens (tertiary/aromatic N) is 3. The van der Waals surface area contributed by atoms with E-state index in [4.69, 9.17) is 0 Å². The van der Waals surface area contributed by atoms with E-state index >= 15 is 0 Å². The number of imide groups is 1. The molecule has 0 spiro atoms. The van der Waals surface area contributed by atoms with E-state index in [1.54, 1.807) is 18.4 Å². The number of rotatable bonds is 7. The lowest BCUT2D eigenvalue weighted by Crippen LogP contribution is -2.39. The minimum absolute atomic E-state index is 0.0313. The summed E-state index contributed by atoms with van der Waals surface area (Å²) in [6.45, 7) is 6.01. The van der Waals surface area contributed by atoms with Gasteiger partial charge in [-0.05, 0) is 24.7 Å². The van der Waals surface area contributed by atoms with Gasteiger partial charge in [-0.25, -0.2) is 4.98 Å². The Balaban J connectivity index is 1.21. The van der Waals surface area contributed by atoms with Crippen molar-refractivity contribution in [3.8, 4) is 0 Å². The maximum absolute atomic E-state index is 12.7. The van der Waals surface area contributed by atoms with Crippen LogP contribution in [0.15, 0.2) is 22.5 Å². The van der Waals surface area contributed by atoms with Crippen LogP contribution in [-0.2, 0) is 16.1 Å². The zero-order valence-electron chi connectivity index (χ0n) is 17.2. The smallest absolute Gasteiger partial charge is 0.233 e. The van der Waals surface area contributed by atoms with Crippen molar-refractivity contribution >= 4 is 29.1 Å². The molecular formula is C21H29N5O2S. The van der Waals surface area contributed by atoms with Gasteiger partial charge >= 0.3 is 0 Å². The molecule has 4 rings (SSSR count). The van der Waals surface area contributed by atoms with Crippen LogP contribution in [-0.4, -0.2) is 47.8 Å². The minimum Gasteiger partial charge on any atom is -0.356 e. The fraction of sp³-hybridized carbons (Fsp3) is 0.619. The maximum Gasteiger partial charge on any atom is 0.233 e. The molecule has 1 aromatic heterocycles. The van der Waals surface area contributed by atoms with Gasteiger partial charge in [-0.2, -0.15) is 0 Å². The van der Waals surface area contributed by atoms with Gasteiger partial charge < -0.3 is 10.6 Å². The Hall–Kier alpha value is -2.22. The molecule has 3 aliphatic rings. The summed E-state index contributed by atoms with van der Waals surface area (Å²) < 4.78 is 0. The minimum atomic E-state index is -0.103. The number of carbonyl (C=O) groups is 2.